The number of nitrogens with two attached hydrogens (primary N) is 1. The van der Waals surface area contributed by atoms with E-state index in [9.17, 15) is 4.79 Å². The van der Waals surface area contributed by atoms with Gasteiger partial charge in [-0.15, -0.1) is 0 Å². The second kappa shape index (κ2) is 6.61. The van der Waals surface area contributed by atoms with Crippen molar-refractivity contribution >= 4 is 21.8 Å². The minimum Gasteiger partial charge on any atom is -0.493 e. The van der Waals surface area contributed by atoms with E-state index in [1.54, 1.807) is 7.05 Å². The van der Waals surface area contributed by atoms with Crippen molar-refractivity contribution in [1.29, 1.82) is 0 Å². The molecule has 0 bridgehead atoms. The SMILES string of the molecule is CNC(=O)CCOc1ccc(Br)cc1C(C)N. The van der Waals surface area contributed by atoms with E-state index in [-0.39, 0.29) is 11.9 Å². The van der Waals surface area contributed by atoms with E-state index in [1.165, 1.54) is 0 Å². The van der Waals surface area contributed by atoms with E-state index in [2.05, 4.69) is 21.2 Å². The quantitative estimate of drug-likeness (QED) is 0.874. The summed E-state index contributed by atoms with van der Waals surface area (Å²) >= 11 is 3.39. The molecule has 4 nitrogen and oxygen atoms in total. The molecule has 0 aliphatic rings. The van der Waals surface area contributed by atoms with E-state index in [1.807, 2.05) is 25.1 Å². The zero-order valence-electron chi connectivity index (χ0n) is 10.00. The molecule has 0 heterocycles. The Kier molecular flexibility index (Phi) is 5.44. The Morgan fingerprint density at radius 3 is 2.88 bits per heavy atom. The third-order valence-electron chi connectivity index (χ3n) is 2.33. The lowest BCUT2D eigenvalue weighted by atomic mass is 10.1. The Morgan fingerprint density at radius 1 is 1.59 bits per heavy atom. The van der Waals surface area contributed by atoms with E-state index in [0.717, 1.165) is 15.8 Å². The predicted octanol–water partition coefficient (Wildman–Crippen LogP) is 1.98. The van der Waals surface area contributed by atoms with E-state index in [0.29, 0.717) is 13.0 Å². The van der Waals surface area contributed by atoms with Crippen molar-refractivity contribution in [2.75, 3.05) is 13.7 Å². The molecule has 5 heteroatoms. The summed E-state index contributed by atoms with van der Waals surface area (Å²) in [4.78, 5) is 11.1. The van der Waals surface area contributed by atoms with Gasteiger partial charge in [0.1, 0.15) is 5.75 Å². The largest absolute Gasteiger partial charge is 0.493 e. The smallest absolute Gasteiger partial charge is 0.223 e. The number of rotatable bonds is 5. The fourth-order valence-corrected chi connectivity index (χ4v) is 1.76. The fourth-order valence-electron chi connectivity index (χ4n) is 1.39. The van der Waals surface area contributed by atoms with Crippen LogP contribution in [0.25, 0.3) is 0 Å². The average molecular weight is 301 g/mol. The number of carbonyl (C=O) groups excluding carboxylic acids is 1. The summed E-state index contributed by atoms with van der Waals surface area (Å²) in [5.41, 5.74) is 6.79. The standard InChI is InChI=1S/C12H17BrN2O2/c1-8(14)10-7-9(13)3-4-11(10)17-6-5-12(16)15-2/h3-4,7-8H,5-6,14H2,1-2H3,(H,15,16). The summed E-state index contributed by atoms with van der Waals surface area (Å²) in [6.45, 7) is 2.24. The number of benzene rings is 1. The van der Waals surface area contributed by atoms with Gasteiger partial charge in [0, 0.05) is 23.1 Å². The molecule has 1 atom stereocenters. The Morgan fingerprint density at radius 2 is 2.29 bits per heavy atom. The van der Waals surface area contributed by atoms with Crippen LogP contribution in [0.5, 0.6) is 5.75 Å². The van der Waals surface area contributed by atoms with Crippen LogP contribution in [-0.2, 0) is 4.79 Å². The first-order valence-corrected chi connectivity index (χ1v) is 6.22. The zero-order chi connectivity index (χ0) is 12.8. The van der Waals surface area contributed by atoms with Gasteiger partial charge < -0.3 is 15.8 Å². The third kappa shape index (κ3) is 4.36. The fraction of sp³-hybridized carbons (Fsp3) is 0.417. The summed E-state index contributed by atoms with van der Waals surface area (Å²) in [5, 5.41) is 2.55. The van der Waals surface area contributed by atoms with E-state index < -0.39 is 0 Å². The van der Waals surface area contributed by atoms with Gasteiger partial charge in [0.05, 0.1) is 13.0 Å². The minimum absolute atomic E-state index is 0.0375. The van der Waals surface area contributed by atoms with Crippen molar-refractivity contribution in [3.05, 3.63) is 28.2 Å². The van der Waals surface area contributed by atoms with Crippen LogP contribution >= 0.6 is 15.9 Å². The lowest BCUT2D eigenvalue weighted by Gasteiger charge is -2.14. The first kappa shape index (κ1) is 14.0. The maximum Gasteiger partial charge on any atom is 0.223 e. The van der Waals surface area contributed by atoms with Crippen molar-refractivity contribution in [3.8, 4) is 5.75 Å². The summed E-state index contributed by atoms with van der Waals surface area (Å²) in [5.74, 6) is 0.691. The minimum atomic E-state index is -0.109. The normalized spacial score (nSPS) is 12.0. The third-order valence-corrected chi connectivity index (χ3v) is 2.82. The van der Waals surface area contributed by atoms with Crippen LogP contribution < -0.4 is 15.8 Å². The molecule has 94 valence electrons. The highest BCUT2D eigenvalue weighted by Crippen LogP contribution is 2.27. The first-order valence-electron chi connectivity index (χ1n) is 5.43. The molecule has 0 aliphatic heterocycles. The van der Waals surface area contributed by atoms with Gasteiger partial charge in [-0.2, -0.15) is 0 Å². The predicted molar refractivity (Wildman–Crippen MR) is 70.9 cm³/mol. The lowest BCUT2D eigenvalue weighted by Crippen LogP contribution is -2.20. The molecular weight excluding hydrogens is 284 g/mol. The summed E-state index contributed by atoms with van der Waals surface area (Å²) < 4.78 is 6.53. The highest BCUT2D eigenvalue weighted by atomic mass is 79.9. The molecule has 0 saturated heterocycles. The number of ether oxygens (including phenoxy) is 1. The Bertz CT molecular complexity index is 394. The van der Waals surface area contributed by atoms with Crippen LogP contribution in [0.1, 0.15) is 24.9 Å². The highest BCUT2D eigenvalue weighted by molar-refractivity contribution is 9.10. The molecule has 1 aromatic rings. The van der Waals surface area contributed by atoms with Crippen LogP contribution in [0.2, 0.25) is 0 Å². The number of amides is 1. The first-order chi connectivity index (χ1) is 8.04. The van der Waals surface area contributed by atoms with Gasteiger partial charge in [-0.1, -0.05) is 15.9 Å². The molecule has 1 rings (SSSR count). The van der Waals surface area contributed by atoms with Crippen molar-refractivity contribution in [2.24, 2.45) is 5.73 Å². The molecule has 0 aromatic heterocycles. The summed E-state index contributed by atoms with van der Waals surface area (Å²) in [6, 6.07) is 5.57. The topological polar surface area (TPSA) is 64.3 Å². The van der Waals surface area contributed by atoms with Crippen LogP contribution in [0, 0.1) is 0 Å². The van der Waals surface area contributed by atoms with Crippen LogP contribution in [0.3, 0.4) is 0 Å². The Hall–Kier alpha value is -1.07. The molecule has 0 radical (unpaired) electrons. The molecule has 1 unspecified atom stereocenters. The number of nitrogens with one attached hydrogen (secondary N) is 1. The van der Waals surface area contributed by atoms with Gasteiger partial charge in [0.25, 0.3) is 0 Å². The van der Waals surface area contributed by atoms with Crippen molar-refractivity contribution in [3.63, 3.8) is 0 Å². The van der Waals surface area contributed by atoms with Gasteiger partial charge in [-0.05, 0) is 25.1 Å². The second-order valence-electron chi connectivity index (χ2n) is 3.74. The molecule has 17 heavy (non-hydrogen) atoms. The lowest BCUT2D eigenvalue weighted by molar-refractivity contribution is -0.121. The number of carbonyl (C=O) groups is 1. The summed E-state index contributed by atoms with van der Waals surface area (Å²) in [6.07, 6.45) is 0.338. The van der Waals surface area contributed by atoms with E-state index in [4.69, 9.17) is 10.5 Å². The van der Waals surface area contributed by atoms with Crippen LogP contribution in [0.4, 0.5) is 0 Å². The molecule has 1 amide bonds. The Labute approximate surface area is 110 Å². The number of hydrogen-bond acceptors (Lipinski definition) is 3. The molecular formula is C12H17BrN2O2. The van der Waals surface area contributed by atoms with Gasteiger partial charge in [0.2, 0.25) is 5.91 Å². The molecule has 0 aliphatic carbocycles. The average Bonchev–Trinajstić information content (AvgIpc) is 2.30. The monoisotopic (exact) mass is 300 g/mol. The van der Waals surface area contributed by atoms with Crippen molar-refractivity contribution in [1.82, 2.24) is 5.32 Å². The zero-order valence-corrected chi connectivity index (χ0v) is 11.6. The number of hydrogen-bond donors (Lipinski definition) is 2. The Balaban J connectivity index is 2.67. The van der Waals surface area contributed by atoms with Crippen molar-refractivity contribution < 1.29 is 9.53 Å². The summed E-state index contributed by atoms with van der Waals surface area (Å²) in [7, 11) is 1.61. The molecule has 1 aromatic carbocycles. The maximum absolute atomic E-state index is 11.1. The van der Waals surface area contributed by atoms with Gasteiger partial charge in [-0.25, -0.2) is 0 Å². The second-order valence-corrected chi connectivity index (χ2v) is 4.66. The van der Waals surface area contributed by atoms with E-state index >= 15 is 0 Å². The molecule has 0 fully saturated rings. The molecule has 3 N–H and O–H groups in total. The van der Waals surface area contributed by atoms with Gasteiger partial charge in [-0.3, -0.25) is 4.79 Å². The molecule has 0 spiro atoms. The van der Waals surface area contributed by atoms with Gasteiger partial charge >= 0.3 is 0 Å². The highest BCUT2D eigenvalue weighted by Gasteiger charge is 2.09. The molecule has 0 saturated carbocycles. The number of halogens is 1. The van der Waals surface area contributed by atoms with Crippen LogP contribution in [-0.4, -0.2) is 19.6 Å². The van der Waals surface area contributed by atoms with Gasteiger partial charge in [0.15, 0.2) is 0 Å². The van der Waals surface area contributed by atoms with Crippen molar-refractivity contribution in [2.45, 2.75) is 19.4 Å². The maximum atomic E-state index is 11.1. The van der Waals surface area contributed by atoms with Crippen LogP contribution in [0.15, 0.2) is 22.7 Å².